The minimum Gasteiger partial charge on any atom is -0.389 e. The van der Waals surface area contributed by atoms with Crippen molar-refractivity contribution in [2.75, 3.05) is 46.1 Å². The smallest absolute Gasteiger partial charge is 0.221 e. The number of aliphatic hydroxyl groups is 1. The van der Waals surface area contributed by atoms with E-state index in [-0.39, 0.29) is 12.5 Å². The molecule has 0 saturated carbocycles. The zero-order valence-electron chi connectivity index (χ0n) is 13.5. The van der Waals surface area contributed by atoms with Crippen molar-refractivity contribution in [3.05, 3.63) is 0 Å². The lowest BCUT2D eigenvalue weighted by molar-refractivity contribution is -0.121. The molecule has 126 valence electrons. The van der Waals surface area contributed by atoms with Crippen molar-refractivity contribution in [3.63, 3.8) is 0 Å². The Morgan fingerprint density at radius 2 is 1.86 bits per heavy atom. The van der Waals surface area contributed by atoms with Gasteiger partial charge in [0.25, 0.3) is 0 Å². The monoisotopic (exact) mass is 304 g/mol. The van der Waals surface area contributed by atoms with E-state index in [0.717, 1.165) is 32.4 Å². The van der Waals surface area contributed by atoms with E-state index in [1.165, 1.54) is 0 Å². The number of carbonyl (C=O) groups excluding carboxylic acids is 1. The third-order valence-electron chi connectivity index (χ3n) is 2.81. The standard InChI is InChI=1S/C15H32N2O4/c1-3-5-9-20-10-11-21-13-14(18)12-16-8-6-15(19)17-7-4-2/h14,16,18H,3-13H2,1-2H3,(H,17,19). The maximum atomic E-state index is 11.3. The lowest BCUT2D eigenvalue weighted by Crippen LogP contribution is -2.34. The number of rotatable bonds is 15. The van der Waals surface area contributed by atoms with Crippen molar-refractivity contribution in [1.29, 1.82) is 0 Å². The highest BCUT2D eigenvalue weighted by Gasteiger charge is 2.05. The van der Waals surface area contributed by atoms with Crippen molar-refractivity contribution in [2.24, 2.45) is 0 Å². The lowest BCUT2D eigenvalue weighted by atomic mass is 10.3. The highest BCUT2D eigenvalue weighted by atomic mass is 16.5. The van der Waals surface area contributed by atoms with E-state index in [1.807, 2.05) is 6.92 Å². The Morgan fingerprint density at radius 1 is 1.10 bits per heavy atom. The van der Waals surface area contributed by atoms with E-state index in [1.54, 1.807) is 0 Å². The van der Waals surface area contributed by atoms with Gasteiger partial charge in [0.15, 0.2) is 0 Å². The Kier molecular flexibility index (Phi) is 15.2. The topological polar surface area (TPSA) is 79.8 Å². The van der Waals surface area contributed by atoms with Gasteiger partial charge < -0.3 is 25.2 Å². The normalized spacial score (nSPS) is 12.3. The second-order valence-corrected chi connectivity index (χ2v) is 5.00. The van der Waals surface area contributed by atoms with Gasteiger partial charge in [-0.2, -0.15) is 0 Å². The molecular weight excluding hydrogens is 272 g/mol. The van der Waals surface area contributed by atoms with Gasteiger partial charge in [0, 0.05) is 32.7 Å². The van der Waals surface area contributed by atoms with Crippen molar-refractivity contribution in [2.45, 2.75) is 45.6 Å². The molecule has 0 aliphatic carbocycles. The van der Waals surface area contributed by atoms with Crippen LogP contribution in [-0.2, 0) is 14.3 Å². The number of hydrogen-bond donors (Lipinski definition) is 3. The average Bonchev–Trinajstić information content (AvgIpc) is 2.48. The van der Waals surface area contributed by atoms with Gasteiger partial charge in [0.2, 0.25) is 5.91 Å². The summed E-state index contributed by atoms with van der Waals surface area (Å²) in [6, 6.07) is 0. The molecule has 0 aliphatic heterocycles. The SMILES string of the molecule is CCCCOCCOCC(O)CNCCC(=O)NCCC. The van der Waals surface area contributed by atoms with E-state index in [4.69, 9.17) is 9.47 Å². The fourth-order valence-electron chi connectivity index (χ4n) is 1.57. The number of unbranched alkanes of at least 4 members (excludes halogenated alkanes) is 1. The molecule has 6 heteroatoms. The highest BCUT2D eigenvalue weighted by molar-refractivity contribution is 5.75. The van der Waals surface area contributed by atoms with Crippen LogP contribution < -0.4 is 10.6 Å². The van der Waals surface area contributed by atoms with Crippen LogP contribution >= 0.6 is 0 Å². The van der Waals surface area contributed by atoms with Gasteiger partial charge in [0.05, 0.1) is 25.9 Å². The maximum Gasteiger partial charge on any atom is 0.221 e. The number of hydrogen-bond acceptors (Lipinski definition) is 5. The first-order valence-electron chi connectivity index (χ1n) is 8.01. The van der Waals surface area contributed by atoms with Gasteiger partial charge in [-0.25, -0.2) is 0 Å². The first-order chi connectivity index (χ1) is 10.2. The number of amides is 1. The summed E-state index contributed by atoms with van der Waals surface area (Å²) in [7, 11) is 0. The second-order valence-electron chi connectivity index (χ2n) is 5.00. The Balaban J connectivity index is 3.26. The summed E-state index contributed by atoms with van der Waals surface area (Å²) in [6.07, 6.45) is 3.01. The van der Waals surface area contributed by atoms with Crippen molar-refractivity contribution < 1.29 is 19.4 Å². The molecule has 1 amide bonds. The molecule has 0 rings (SSSR count). The Bertz CT molecular complexity index is 240. The summed E-state index contributed by atoms with van der Waals surface area (Å²) in [5, 5.41) is 15.5. The van der Waals surface area contributed by atoms with Crippen LogP contribution in [0.5, 0.6) is 0 Å². The summed E-state index contributed by atoms with van der Waals surface area (Å²) < 4.78 is 10.7. The van der Waals surface area contributed by atoms with Crippen LogP contribution in [0.3, 0.4) is 0 Å². The fourth-order valence-corrected chi connectivity index (χ4v) is 1.57. The van der Waals surface area contributed by atoms with Crippen LogP contribution in [0.1, 0.15) is 39.5 Å². The average molecular weight is 304 g/mol. The summed E-state index contributed by atoms with van der Waals surface area (Å²) in [6.45, 7) is 7.97. The molecule has 0 fully saturated rings. The minimum atomic E-state index is -0.556. The van der Waals surface area contributed by atoms with E-state index < -0.39 is 6.10 Å². The minimum absolute atomic E-state index is 0.0410. The van der Waals surface area contributed by atoms with E-state index in [0.29, 0.717) is 32.7 Å². The van der Waals surface area contributed by atoms with Gasteiger partial charge in [-0.1, -0.05) is 20.3 Å². The van der Waals surface area contributed by atoms with Gasteiger partial charge in [-0.3, -0.25) is 4.79 Å². The number of carbonyl (C=O) groups is 1. The van der Waals surface area contributed by atoms with Crippen LogP contribution in [0.15, 0.2) is 0 Å². The van der Waals surface area contributed by atoms with Crippen LogP contribution in [0.2, 0.25) is 0 Å². The largest absolute Gasteiger partial charge is 0.389 e. The second kappa shape index (κ2) is 15.7. The molecule has 1 atom stereocenters. The van der Waals surface area contributed by atoms with Gasteiger partial charge in [0.1, 0.15) is 0 Å². The van der Waals surface area contributed by atoms with Crippen LogP contribution in [0.25, 0.3) is 0 Å². The van der Waals surface area contributed by atoms with Gasteiger partial charge >= 0.3 is 0 Å². The van der Waals surface area contributed by atoms with E-state index in [9.17, 15) is 9.90 Å². The molecule has 21 heavy (non-hydrogen) atoms. The third kappa shape index (κ3) is 15.5. The summed E-state index contributed by atoms with van der Waals surface area (Å²) in [5.74, 6) is 0.0410. The first-order valence-corrected chi connectivity index (χ1v) is 8.01. The Morgan fingerprint density at radius 3 is 2.57 bits per heavy atom. The molecule has 0 saturated heterocycles. The molecular formula is C15H32N2O4. The molecule has 0 radical (unpaired) electrons. The number of ether oxygens (including phenoxy) is 2. The molecule has 0 aromatic carbocycles. The van der Waals surface area contributed by atoms with Crippen LogP contribution in [-0.4, -0.2) is 63.2 Å². The molecule has 0 bridgehead atoms. The fraction of sp³-hybridized carbons (Fsp3) is 0.933. The summed E-state index contributed by atoms with van der Waals surface area (Å²) >= 11 is 0. The molecule has 0 aromatic rings. The maximum absolute atomic E-state index is 11.3. The third-order valence-corrected chi connectivity index (χ3v) is 2.81. The number of aliphatic hydroxyl groups excluding tert-OH is 1. The summed E-state index contributed by atoms with van der Waals surface area (Å²) in [4.78, 5) is 11.3. The zero-order chi connectivity index (χ0) is 15.8. The summed E-state index contributed by atoms with van der Waals surface area (Å²) in [5.41, 5.74) is 0. The first kappa shape index (κ1) is 20.3. The Hall–Kier alpha value is -0.690. The zero-order valence-corrected chi connectivity index (χ0v) is 13.5. The molecule has 0 aromatic heterocycles. The van der Waals surface area contributed by atoms with Crippen LogP contribution in [0, 0.1) is 0 Å². The molecule has 0 aliphatic rings. The molecule has 1 unspecified atom stereocenters. The lowest BCUT2D eigenvalue weighted by Gasteiger charge is -2.12. The van der Waals surface area contributed by atoms with Crippen LogP contribution in [0.4, 0.5) is 0 Å². The highest BCUT2D eigenvalue weighted by Crippen LogP contribution is 1.89. The van der Waals surface area contributed by atoms with Crippen molar-refractivity contribution in [3.8, 4) is 0 Å². The van der Waals surface area contributed by atoms with Crippen molar-refractivity contribution in [1.82, 2.24) is 10.6 Å². The molecule has 6 nitrogen and oxygen atoms in total. The van der Waals surface area contributed by atoms with Crippen molar-refractivity contribution >= 4 is 5.91 Å². The number of nitrogens with one attached hydrogen (secondary N) is 2. The predicted octanol–water partition coefficient (Wildman–Crippen LogP) is 0.687. The van der Waals surface area contributed by atoms with E-state index in [2.05, 4.69) is 17.6 Å². The molecule has 0 spiro atoms. The van der Waals surface area contributed by atoms with E-state index >= 15 is 0 Å². The quantitative estimate of drug-likeness (QED) is 0.388. The molecule has 0 heterocycles. The molecule has 3 N–H and O–H groups in total. The Labute approximate surface area is 128 Å². The van der Waals surface area contributed by atoms with Gasteiger partial charge in [-0.05, 0) is 12.8 Å². The predicted molar refractivity (Wildman–Crippen MR) is 83.3 cm³/mol. The van der Waals surface area contributed by atoms with Gasteiger partial charge in [-0.15, -0.1) is 0 Å².